The SMILES string of the molecule is Cc1nn(CN2CCc3sccc3[C@H]2c2ccccc2)c(=S)s1. The van der Waals surface area contributed by atoms with Crippen LogP contribution < -0.4 is 0 Å². The highest BCUT2D eigenvalue weighted by atomic mass is 32.1. The van der Waals surface area contributed by atoms with E-state index < -0.39 is 0 Å². The van der Waals surface area contributed by atoms with Crippen LogP contribution in [0.25, 0.3) is 0 Å². The van der Waals surface area contributed by atoms with Gasteiger partial charge in [0.05, 0.1) is 12.7 Å². The van der Waals surface area contributed by atoms with Gasteiger partial charge in [0.25, 0.3) is 0 Å². The molecule has 3 heterocycles. The highest BCUT2D eigenvalue weighted by Crippen LogP contribution is 2.37. The van der Waals surface area contributed by atoms with Crippen LogP contribution in [0.3, 0.4) is 0 Å². The average molecular weight is 360 g/mol. The zero-order valence-corrected chi connectivity index (χ0v) is 15.3. The summed E-state index contributed by atoms with van der Waals surface area (Å²) in [5.41, 5.74) is 2.77. The van der Waals surface area contributed by atoms with Crippen molar-refractivity contribution in [2.75, 3.05) is 6.54 Å². The molecule has 0 aliphatic carbocycles. The molecule has 1 aromatic carbocycles. The maximum atomic E-state index is 5.45. The second-order valence-electron chi connectivity index (χ2n) is 5.70. The van der Waals surface area contributed by atoms with E-state index >= 15 is 0 Å². The van der Waals surface area contributed by atoms with Crippen molar-refractivity contribution < 1.29 is 0 Å². The Morgan fingerprint density at radius 2 is 2.09 bits per heavy atom. The molecule has 1 atom stereocenters. The van der Waals surface area contributed by atoms with E-state index in [-0.39, 0.29) is 6.04 Å². The van der Waals surface area contributed by atoms with Crippen molar-refractivity contribution in [3.63, 3.8) is 0 Å². The number of thiophene rings is 1. The number of aryl methyl sites for hydroxylation is 1. The molecule has 3 nitrogen and oxygen atoms in total. The number of nitrogens with zero attached hydrogens (tertiary/aromatic N) is 3. The topological polar surface area (TPSA) is 21.1 Å². The first-order chi connectivity index (χ1) is 11.2. The summed E-state index contributed by atoms with van der Waals surface area (Å²) in [6.45, 7) is 3.79. The largest absolute Gasteiger partial charge is 0.273 e. The van der Waals surface area contributed by atoms with Crippen LogP contribution in [0, 0.1) is 10.9 Å². The van der Waals surface area contributed by atoms with Gasteiger partial charge in [-0.25, -0.2) is 4.68 Å². The Balaban J connectivity index is 1.73. The monoisotopic (exact) mass is 359 g/mol. The van der Waals surface area contributed by atoms with Gasteiger partial charge in [0.1, 0.15) is 5.01 Å². The fraction of sp³-hybridized carbons (Fsp3) is 0.294. The van der Waals surface area contributed by atoms with E-state index in [1.807, 2.05) is 22.9 Å². The summed E-state index contributed by atoms with van der Waals surface area (Å²) in [5.74, 6) is 0. The quantitative estimate of drug-likeness (QED) is 0.635. The molecule has 0 N–H and O–H groups in total. The van der Waals surface area contributed by atoms with E-state index in [0.29, 0.717) is 0 Å². The number of rotatable bonds is 3. The Kier molecular flexibility index (Phi) is 4.15. The molecule has 0 fully saturated rings. The van der Waals surface area contributed by atoms with Crippen LogP contribution in [0.15, 0.2) is 41.8 Å². The summed E-state index contributed by atoms with van der Waals surface area (Å²) in [7, 11) is 0. The Bertz CT molecular complexity index is 863. The van der Waals surface area contributed by atoms with Crippen LogP contribution in [0.5, 0.6) is 0 Å². The molecule has 0 amide bonds. The van der Waals surface area contributed by atoms with Gasteiger partial charge in [-0.15, -0.1) is 11.3 Å². The first-order valence-electron chi connectivity index (χ1n) is 7.62. The zero-order chi connectivity index (χ0) is 15.8. The van der Waals surface area contributed by atoms with Crippen LogP contribution in [0.1, 0.15) is 27.1 Å². The minimum atomic E-state index is 0.287. The van der Waals surface area contributed by atoms with Crippen molar-refractivity contribution in [1.29, 1.82) is 0 Å². The fourth-order valence-electron chi connectivity index (χ4n) is 3.22. The third-order valence-electron chi connectivity index (χ3n) is 4.20. The molecule has 1 aliphatic heterocycles. The van der Waals surface area contributed by atoms with E-state index in [4.69, 9.17) is 12.2 Å². The number of fused-ring (bicyclic) bond motifs is 1. The summed E-state index contributed by atoms with van der Waals surface area (Å²) in [6.07, 6.45) is 1.10. The molecule has 0 unspecified atom stereocenters. The van der Waals surface area contributed by atoms with E-state index in [1.54, 1.807) is 11.3 Å². The molecule has 1 aliphatic rings. The second kappa shape index (κ2) is 6.28. The Labute approximate surface area is 148 Å². The van der Waals surface area contributed by atoms with Crippen molar-refractivity contribution >= 4 is 34.9 Å². The molecule has 3 aromatic rings. The lowest BCUT2D eigenvalue weighted by atomic mass is 9.94. The first kappa shape index (κ1) is 15.2. The molecule has 0 radical (unpaired) electrons. The number of benzene rings is 1. The summed E-state index contributed by atoms with van der Waals surface area (Å²) in [5, 5.41) is 7.81. The summed E-state index contributed by atoms with van der Waals surface area (Å²) >= 11 is 8.91. The van der Waals surface area contributed by atoms with Gasteiger partial charge in [0.15, 0.2) is 3.95 Å². The third kappa shape index (κ3) is 2.92. The van der Waals surface area contributed by atoms with E-state index in [9.17, 15) is 0 Å². The first-order valence-corrected chi connectivity index (χ1v) is 9.72. The maximum Gasteiger partial charge on any atom is 0.180 e. The summed E-state index contributed by atoms with van der Waals surface area (Å²) in [4.78, 5) is 3.99. The van der Waals surface area contributed by atoms with Crippen molar-refractivity contribution in [3.8, 4) is 0 Å². The molecular weight excluding hydrogens is 342 g/mol. The Hall–Kier alpha value is -1.34. The smallest absolute Gasteiger partial charge is 0.180 e. The van der Waals surface area contributed by atoms with E-state index in [1.165, 1.54) is 16.0 Å². The predicted octanol–water partition coefficient (Wildman–Crippen LogP) is 4.65. The van der Waals surface area contributed by atoms with Gasteiger partial charge in [-0.05, 0) is 48.1 Å². The lowest BCUT2D eigenvalue weighted by Crippen LogP contribution is -2.37. The molecule has 0 spiro atoms. The Morgan fingerprint density at radius 3 is 2.83 bits per heavy atom. The number of aromatic nitrogens is 2. The normalized spacial score (nSPS) is 18.0. The standard InChI is InChI=1S/C17H17N3S3/c1-12-18-20(17(21)23-12)11-19-9-7-15-14(8-10-22-15)16(19)13-5-3-2-4-6-13/h2-6,8,10,16H,7,9,11H2,1H3/t16-/m1/s1. The van der Waals surface area contributed by atoms with Crippen LogP contribution in [0.4, 0.5) is 0 Å². The highest BCUT2D eigenvalue weighted by Gasteiger charge is 2.29. The molecular formula is C17H17N3S3. The van der Waals surface area contributed by atoms with Crippen molar-refractivity contribution in [1.82, 2.24) is 14.7 Å². The lowest BCUT2D eigenvalue weighted by Gasteiger charge is -2.36. The van der Waals surface area contributed by atoms with Crippen molar-refractivity contribution in [2.45, 2.75) is 26.1 Å². The zero-order valence-electron chi connectivity index (χ0n) is 12.8. The molecule has 23 heavy (non-hydrogen) atoms. The van der Waals surface area contributed by atoms with Gasteiger partial charge in [0, 0.05) is 11.4 Å². The van der Waals surface area contributed by atoms with Crippen LogP contribution >= 0.6 is 34.9 Å². The Morgan fingerprint density at radius 1 is 1.26 bits per heavy atom. The molecule has 0 saturated heterocycles. The molecule has 118 valence electrons. The van der Waals surface area contributed by atoms with Gasteiger partial charge in [-0.3, -0.25) is 4.90 Å². The van der Waals surface area contributed by atoms with Gasteiger partial charge in [0.2, 0.25) is 0 Å². The summed E-state index contributed by atoms with van der Waals surface area (Å²) in [6, 6.07) is 13.3. The molecule has 0 saturated carbocycles. The van der Waals surface area contributed by atoms with Crippen molar-refractivity contribution in [3.05, 3.63) is 66.7 Å². The summed E-state index contributed by atoms with van der Waals surface area (Å²) < 4.78 is 2.81. The van der Waals surface area contributed by atoms with E-state index in [2.05, 4.69) is 51.8 Å². The van der Waals surface area contributed by atoms with Crippen LogP contribution in [-0.4, -0.2) is 21.2 Å². The van der Waals surface area contributed by atoms with Crippen LogP contribution in [0.2, 0.25) is 0 Å². The maximum absolute atomic E-state index is 5.45. The van der Waals surface area contributed by atoms with Gasteiger partial charge < -0.3 is 0 Å². The minimum absolute atomic E-state index is 0.287. The molecule has 2 aromatic heterocycles. The highest BCUT2D eigenvalue weighted by molar-refractivity contribution is 7.73. The van der Waals surface area contributed by atoms with Gasteiger partial charge >= 0.3 is 0 Å². The number of hydrogen-bond acceptors (Lipinski definition) is 5. The van der Waals surface area contributed by atoms with Gasteiger partial charge in [-0.1, -0.05) is 41.7 Å². The minimum Gasteiger partial charge on any atom is -0.273 e. The van der Waals surface area contributed by atoms with Crippen LogP contribution in [-0.2, 0) is 13.1 Å². The molecule has 4 rings (SSSR count). The second-order valence-corrected chi connectivity index (χ2v) is 8.53. The number of hydrogen-bond donors (Lipinski definition) is 0. The van der Waals surface area contributed by atoms with Crippen molar-refractivity contribution in [2.24, 2.45) is 0 Å². The van der Waals surface area contributed by atoms with E-state index in [0.717, 1.165) is 28.6 Å². The third-order valence-corrected chi connectivity index (χ3v) is 6.42. The molecule has 6 heteroatoms. The average Bonchev–Trinajstić information content (AvgIpc) is 3.14. The molecule has 0 bridgehead atoms. The lowest BCUT2D eigenvalue weighted by molar-refractivity contribution is 0.157. The van der Waals surface area contributed by atoms with Gasteiger partial charge in [-0.2, -0.15) is 5.10 Å². The predicted molar refractivity (Wildman–Crippen MR) is 98.7 cm³/mol. The fourth-order valence-corrected chi connectivity index (χ4v) is 5.18.